The first-order valence-electron chi connectivity index (χ1n) is 41.5. The number of methoxy groups -OCH3 is 2. The van der Waals surface area contributed by atoms with E-state index in [1.165, 1.54) is 39.2 Å². The lowest BCUT2D eigenvalue weighted by Crippen LogP contribution is -2.69. The molecule has 33 unspecified atom stereocenters. The van der Waals surface area contributed by atoms with Gasteiger partial charge in [-0.25, -0.2) is 19.6 Å². The number of nitrogen functional groups attached to an aromatic ring is 1. The molecule has 734 valence electrons. The van der Waals surface area contributed by atoms with Crippen molar-refractivity contribution in [2.24, 2.45) is 9.98 Å². The van der Waals surface area contributed by atoms with Gasteiger partial charge in [0.05, 0.1) is 72.1 Å². The predicted molar refractivity (Wildman–Crippen MR) is 459 cm³/mol. The minimum Gasteiger partial charge on any atom is -0.487 e. The number of nitrogens with one attached hydrogen (secondary N) is 5. The molecule has 0 aromatic heterocycles. The molecule has 9 rings (SSSR count). The topological polar surface area (TPSA) is 760 Å². The van der Waals surface area contributed by atoms with Crippen molar-refractivity contribution in [2.45, 2.75) is 290 Å². The maximum atomic E-state index is 12.9. The second-order valence-electron chi connectivity index (χ2n) is 31.4. The summed E-state index contributed by atoms with van der Waals surface area (Å²) in [5, 5.41) is 247. The van der Waals surface area contributed by atoms with Crippen LogP contribution in [0.1, 0.15) is 90.9 Å². The smallest absolute Gasteiger partial charge is 0.364 e. The Morgan fingerprint density at radius 3 is 1.45 bits per heavy atom. The van der Waals surface area contributed by atoms with Gasteiger partial charge in [-0.1, -0.05) is 68.1 Å². The highest BCUT2D eigenvalue weighted by molar-refractivity contribution is 8.77. The fourth-order valence-corrected chi connectivity index (χ4v) is 21.0. The van der Waals surface area contributed by atoms with Crippen LogP contribution in [0.25, 0.3) is 0 Å². The van der Waals surface area contributed by atoms with Crippen molar-refractivity contribution in [2.75, 3.05) is 93.6 Å². The molecule has 4 amide bonds. The summed E-state index contributed by atoms with van der Waals surface area (Å²) in [5.41, 5.74) is 8.05. The number of ether oxygens (including phenoxy) is 11. The average Bonchev–Trinajstić information content (AvgIpc) is 1.18. The summed E-state index contributed by atoms with van der Waals surface area (Å²) in [6, 6.07) is 8.11. The summed E-state index contributed by atoms with van der Waals surface area (Å²) in [6.45, 7) is -3.96. The van der Waals surface area contributed by atoms with E-state index in [1.807, 2.05) is 61.4 Å². The summed E-state index contributed by atoms with van der Waals surface area (Å²) in [5.74, 6) is -8.93. The van der Waals surface area contributed by atoms with Crippen molar-refractivity contribution in [3.63, 3.8) is 0 Å². The van der Waals surface area contributed by atoms with Gasteiger partial charge in [-0.05, 0) is 74.9 Å². The number of aliphatic hydroxyl groups is 20. The molecule has 7 heterocycles. The molecule has 7 fully saturated rings. The summed E-state index contributed by atoms with van der Waals surface area (Å²) in [4.78, 5) is 81.7. The van der Waals surface area contributed by atoms with Crippen LogP contribution in [-0.2, 0) is 80.9 Å². The van der Waals surface area contributed by atoms with Crippen molar-refractivity contribution < 1.29 is 193 Å². The molecule has 7 saturated heterocycles. The minimum atomic E-state index is -3.05. The van der Waals surface area contributed by atoms with Gasteiger partial charge in [0, 0.05) is 90.8 Å². The van der Waals surface area contributed by atoms with Gasteiger partial charge >= 0.3 is 11.9 Å². The SMILES string of the molecule is COC=NC1C(O)CC(OC2C(O)C(CO)OC(OC(C(O)CO)C(O)C(CNc3cccc(NC(=O)CCCCC4CCSS4)c3)NC(C)=O)C2O)(C(=O)O)OC1C(O)C(O)CO.COC=NC1C(O)CC(OC2C(O)C(CO)OC(OC3C(CO)OC(O)C(NC(C)=O)C3O)C2O)(C(=O)O)OC1C(O)C(O)CO.Nc1cccc(NC(=O)CCCCC2CCSS2)c1. The number of nitrogens with two attached hydrogens (primary N) is 1. The number of carboxylic acids is 2. The third-order valence-electron chi connectivity index (χ3n) is 21.7. The number of nitrogens with zero attached hydrogens (tertiary/aromatic N) is 2. The molecule has 0 radical (unpaired) electrons. The second kappa shape index (κ2) is 54.0. The van der Waals surface area contributed by atoms with E-state index >= 15 is 0 Å². The third-order valence-corrected chi connectivity index (χ3v) is 27.7. The molecule has 7 aliphatic rings. The van der Waals surface area contributed by atoms with E-state index in [4.69, 9.17) is 57.8 Å². The number of carbonyl (C=O) groups is 6. The highest BCUT2D eigenvalue weighted by Crippen LogP contribution is 2.44. The van der Waals surface area contributed by atoms with Crippen molar-refractivity contribution >= 4 is 114 Å². The van der Waals surface area contributed by atoms with Crippen LogP contribution in [0.2, 0.25) is 0 Å². The number of benzene rings is 2. The van der Waals surface area contributed by atoms with Gasteiger partial charge in [-0.3, -0.25) is 19.2 Å². The third kappa shape index (κ3) is 31.3. The summed E-state index contributed by atoms with van der Waals surface area (Å²) in [6.07, 6.45) is -39.0. The number of unbranched alkanes of at least 4 members (excludes halogenated alkanes) is 2. The van der Waals surface area contributed by atoms with Crippen LogP contribution in [0, 0.1) is 0 Å². The summed E-state index contributed by atoms with van der Waals surface area (Å²) >= 11 is 0. The first-order chi connectivity index (χ1) is 61.4. The monoisotopic (exact) mass is 1920 g/mol. The molecule has 129 heavy (non-hydrogen) atoms. The second-order valence-corrected chi connectivity index (χ2v) is 37.0. The van der Waals surface area contributed by atoms with Gasteiger partial charge < -0.3 is 197 Å². The number of hydrogen-bond acceptors (Lipinski definition) is 45. The minimum absolute atomic E-state index is 0.0825. The van der Waals surface area contributed by atoms with Gasteiger partial charge in [0.15, 0.2) is 31.7 Å². The summed E-state index contributed by atoms with van der Waals surface area (Å²) < 4.78 is 59.7. The zero-order valence-corrected chi connectivity index (χ0v) is 74.2. The van der Waals surface area contributed by atoms with Gasteiger partial charge in [0.25, 0.3) is 11.6 Å². The Hall–Kier alpha value is -5.96. The molecule has 0 saturated carbocycles. The zero-order chi connectivity index (χ0) is 95.1. The molecular weight excluding hydrogens is 1800 g/mol. The van der Waals surface area contributed by atoms with E-state index in [0.29, 0.717) is 35.2 Å². The first kappa shape index (κ1) is 110. The summed E-state index contributed by atoms with van der Waals surface area (Å²) in [7, 11) is 10.1. The number of anilines is 4. The molecule has 0 aliphatic carbocycles. The Balaban J connectivity index is 0.000000302. The lowest BCUT2D eigenvalue weighted by atomic mass is 9.88. The largest absolute Gasteiger partial charge is 0.487 e. The van der Waals surface area contributed by atoms with Crippen LogP contribution >= 0.6 is 43.2 Å². The Kier molecular flexibility index (Phi) is 46.0. The number of rotatable bonds is 44. The van der Waals surface area contributed by atoms with E-state index in [1.54, 1.807) is 30.3 Å². The normalized spacial score (nSPS) is 33.7. The van der Waals surface area contributed by atoms with E-state index in [0.717, 1.165) is 75.4 Å². The van der Waals surface area contributed by atoms with Crippen molar-refractivity contribution in [1.82, 2.24) is 10.6 Å². The Morgan fingerprint density at radius 1 is 0.566 bits per heavy atom. The fraction of sp³-hybridized carbons (Fsp3) is 0.744. The van der Waals surface area contributed by atoms with Crippen LogP contribution in [0.15, 0.2) is 58.5 Å². The van der Waals surface area contributed by atoms with E-state index in [9.17, 15) is 141 Å². The van der Waals surface area contributed by atoms with Crippen LogP contribution in [0.4, 0.5) is 22.7 Å². The van der Waals surface area contributed by atoms with Gasteiger partial charge in [0.2, 0.25) is 23.6 Å². The highest BCUT2D eigenvalue weighted by atomic mass is 33.1. The van der Waals surface area contributed by atoms with Crippen LogP contribution in [0.3, 0.4) is 0 Å². The van der Waals surface area contributed by atoms with Gasteiger partial charge in [-0.15, -0.1) is 0 Å². The molecule has 0 bridgehead atoms. The Labute approximate surface area is 756 Å². The number of aliphatic imine (C=N–C) groups is 2. The van der Waals surface area contributed by atoms with Crippen LogP contribution < -0.4 is 32.3 Å². The lowest BCUT2D eigenvalue weighted by Gasteiger charge is -2.50. The first-order valence-corrected chi connectivity index (χ1v) is 46.3. The molecule has 2 aromatic rings. The van der Waals surface area contributed by atoms with Gasteiger partial charge in [0.1, 0.15) is 140 Å². The molecule has 0 spiro atoms. The molecule has 47 nitrogen and oxygen atoms in total. The number of amides is 4. The number of carboxylic acid groups (broad SMARTS) is 2. The quantitative estimate of drug-likeness (QED) is 0.00964. The van der Waals surface area contributed by atoms with Crippen molar-refractivity contribution in [3.8, 4) is 0 Å². The number of carbonyl (C=O) groups excluding carboxylic acids is 4. The van der Waals surface area contributed by atoms with Crippen molar-refractivity contribution in [3.05, 3.63) is 48.5 Å². The predicted octanol–water partition coefficient (Wildman–Crippen LogP) is -6.75. The Bertz CT molecular complexity index is 3810. The van der Waals surface area contributed by atoms with E-state index in [-0.39, 0.29) is 18.4 Å². The average molecular weight is 1930 g/mol. The van der Waals surface area contributed by atoms with Crippen LogP contribution in [0.5, 0.6) is 0 Å². The van der Waals surface area contributed by atoms with E-state index < -0.39 is 265 Å². The maximum absolute atomic E-state index is 12.9. The highest BCUT2D eigenvalue weighted by Gasteiger charge is 2.63. The molecule has 51 heteroatoms. The number of aliphatic carboxylic acids is 2. The molecule has 7 aliphatic heterocycles. The standard InChI is InChI=1S/C39H62N4O19S2.C25H42N2O19.C14H20N2OS2/c1-19(47)42-23(14-40-20-6-5-7-21(12-20)43-28(51)9-4-3-8-22-10-11-63-64-22)30(52)34(26(50)16-45)60-37-33(55)36(32(54)27(17-46)59-37)62-39(38(56)57)13-24(48)29(41-18-58-2)35(61-39)31(53)25(49)15-44;1-8(31)27-14-17(36)19(12(6-30)42-22(14)38)44-23-18(37)21(16(35)11(5-29)43-23)46-25(24(39)40)3-9(32)13(26-7-41-2)20(45-25)15(34)10(33)4-28;15-11-4-3-5-12(10-11)16-14(17)7-2-1-6-13-8-9-18-19-13/h5-7,12,18,22-27,29-37,40,44-46,48-50,52-55H,3-4,8-11,13-17H2,1-2H3,(H,42,47)(H,43,51)(H,56,57);7,9-23,28-30,32-38H,3-6H2,1-2H3,(H,27,31)(H,39,40);3-5,10,13H,1-2,6-9,15H2,(H,16,17). The fourth-order valence-electron chi connectivity index (χ4n) is 15.0. The number of hydrogen-bond donors (Lipinski definition) is 28. The Morgan fingerprint density at radius 2 is 1.02 bits per heavy atom. The zero-order valence-electron chi connectivity index (χ0n) is 70.9. The molecular formula is C78H124N8O39S4. The molecule has 2 aromatic carbocycles. The molecule has 29 N–H and O–H groups in total. The van der Waals surface area contributed by atoms with E-state index in [2.05, 4.69) is 36.6 Å². The molecule has 33 atom stereocenters. The maximum Gasteiger partial charge on any atom is 0.364 e. The number of aliphatic hydroxyl groups excluding tert-OH is 20. The van der Waals surface area contributed by atoms with Crippen LogP contribution in [-0.4, -0.2) is 432 Å². The van der Waals surface area contributed by atoms with Crippen molar-refractivity contribution in [1.29, 1.82) is 0 Å². The van der Waals surface area contributed by atoms with Gasteiger partial charge in [-0.2, -0.15) is 0 Å². The lowest BCUT2D eigenvalue weighted by molar-refractivity contribution is -0.381.